The number of urea groups is 1. The van der Waals surface area contributed by atoms with Crippen LogP contribution in [0.5, 0.6) is 0 Å². The van der Waals surface area contributed by atoms with Gasteiger partial charge in [-0.3, -0.25) is 0 Å². The number of hydrazine groups is 1. The Labute approximate surface area is 267 Å². The van der Waals surface area contributed by atoms with Crippen molar-refractivity contribution in [2.75, 3.05) is 37.5 Å². The lowest BCUT2D eigenvalue weighted by Gasteiger charge is -2.35. The molecule has 3 heterocycles. The number of unbranched alkanes of at least 4 members (excludes halogenated alkanes) is 10. The van der Waals surface area contributed by atoms with Crippen molar-refractivity contribution >= 4 is 38.8 Å². The lowest BCUT2D eigenvalue weighted by molar-refractivity contribution is 0.116. The number of para-hydroxylation sites is 1. The highest BCUT2D eigenvalue weighted by Gasteiger charge is 2.45. The maximum atomic E-state index is 14.4. The molecule has 5 rings (SSSR count). The number of hydrogen-bond acceptors (Lipinski definition) is 4. The van der Waals surface area contributed by atoms with Crippen LogP contribution in [-0.4, -0.2) is 64.6 Å². The van der Waals surface area contributed by atoms with Crippen LogP contribution in [0.4, 0.5) is 10.5 Å². The highest BCUT2D eigenvalue weighted by Crippen LogP contribution is 2.48. The Morgan fingerprint density at radius 3 is 2.30 bits per heavy atom. The van der Waals surface area contributed by atoms with Gasteiger partial charge in [0, 0.05) is 29.8 Å². The van der Waals surface area contributed by atoms with E-state index in [0.29, 0.717) is 13.2 Å². The molecule has 4 aliphatic rings. The lowest BCUT2D eigenvalue weighted by Crippen LogP contribution is -2.55. The summed E-state index contributed by atoms with van der Waals surface area (Å²) in [5, 5.41) is 2.68. The van der Waals surface area contributed by atoms with Crippen LogP contribution in [0.3, 0.4) is 0 Å². The van der Waals surface area contributed by atoms with Crippen molar-refractivity contribution in [3.05, 3.63) is 63.7 Å². The molecule has 0 radical (unpaired) electrons. The summed E-state index contributed by atoms with van der Waals surface area (Å²) in [6.07, 6.45) is 24.9. The molecule has 0 spiro atoms. The van der Waals surface area contributed by atoms with Gasteiger partial charge < -0.3 is 9.80 Å². The summed E-state index contributed by atoms with van der Waals surface area (Å²) in [7, 11) is -0.0344. The minimum atomic E-state index is -0.122. The Hall–Kier alpha value is -2.06. The summed E-state index contributed by atoms with van der Waals surface area (Å²) >= 11 is 6.77. The summed E-state index contributed by atoms with van der Waals surface area (Å²) in [5.74, 6) is 0. The fraction of sp³-hybridized carbons (Fsp3) is 0.600. The number of benzene rings is 1. The topological polar surface area (TPSA) is 42.1 Å². The van der Waals surface area contributed by atoms with Gasteiger partial charge in [-0.15, -0.1) is 10.5 Å². The minimum Gasteiger partial charge on any atom is -0.343 e. The van der Waals surface area contributed by atoms with E-state index in [-0.39, 0.29) is 22.7 Å². The Morgan fingerprint density at radius 2 is 1.63 bits per heavy atom. The first-order chi connectivity index (χ1) is 21.0. The summed E-state index contributed by atoms with van der Waals surface area (Å²) < 4.78 is 0. The van der Waals surface area contributed by atoms with Crippen LogP contribution in [0.25, 0.3) is 0 Å². The summed E-state index contributed by atoms with van der Waals surface area (Å²) in [5.41, 5.74) is 7.28. The van der Waals surface area contributed by atoms with Crippen LogP contribution in [0.15, 0.2) is 58.7 Å². The molecule has 1 N–H and O–H groups in total. The molecule has 0 aromatic heterocycles. The van der Waals surface area contributed by atoms with E-state index in [0.717, 1.165) is 43.1 Å². The van der Waals surface area contributed by atoms with E-state index in [9.17, 15) is 4.79 Å². The third kappa shape index (κ3) is 7.43. The zero-order chi connectivity index (χ0) is 30.2. The fourth-order valence-electron chi connectivity index (χ4n) is 6.82. The second-order valence-corrected chi connectivity index (χ2v) is 14.6. The van der Waals surface area contributed by atoms with Gasteiger partial charge in [-0.05, 0) is 43.2 Å². The summed E-state index contributed by atoms with van der Waals surface area (Å²) in [6, 6.07) is 8.20. The zero-order valence-corrected chi connectivity index (χ0v) is 28.2. The van der Waals surface area contributed by atoms with Crippen LogP contribution in [0.2, 0.25) is 5.02 Å². The number of nitrogens with one attached hydrogen (secondary N) is 1. The van der Waals surface area contributed by atoms with E-state index in [2.05, 4.69) is 64.6 Å². The van der Waals surface area contributed by atoms with Crippen molar-refractivity contribution in [1.82, 2.24) is 20.2 Å². The van der Waals surface area contributed by atoms with E-state index >= 15 is 0 Å². The van der Waals surface area contributed by atoms with Crippen LogP contribution in [-0.2, 0) is 0 Å². The molecule has 1 saturated heterocycles. The van der Waals surface area contributed by atoms with Gasteiger partial charge in [-0.1, -0.05) is 114 Å². The Balaban J connectivity index is 1.36. The normalized spacial score (nSPS) is 21.3. The van der Waals surface area contributed by atoms with Crippen molar-refractivity contribution in [2.24, 2.45) is 0 Å². The number of rotatable bonds is 15. The molecule has 43 heavy (non-hydrogen) atoms. The van der Waals surface area contributed by atoms with Crippen molar-refractivity contribution in [3.8, 4) is 0 Å². The highest BCUT2D eigenvalue weighted by atomic mass is 35.5. The first-order valence-electron chi connectivity index (χ1n) is 16.8. The largest absolute Gasteiger partial charge is 0.343 e. The first kappa shape index (κ1) is 32.3. The summed E-state index contributed by atoms with van der Waals surface area (Å²) in [6.45, 7) is 7.48. The predicted octanol–water partition coefficient (Wildman–Crippen LogP) is 8.85. The van der Waals surface area contributed by atoms with Gasteiger partial charge in [-0.25, -0.2) is 20.1 Å². The van der Waals surface area contributed by atoms with Crippen molar-refractivity contribution in [3.63, 3.8) is 0 Å². The minimum absolute atomic E-state index is 0.0344. The van der Waals surface area contributed by atoms with Gasteiger partial charge in [0.15, 0.2) is 0 Å². The molecular weight excluding hydrogens is 574 g/mol. The molecule has 1 aromatic rings. The van der Waals surface area contributed by atoms with Gasteiger partial charge in [0.2, 0.25) is 0 Å². The van der Waals surface area contributed by atoms with E-state index in [1.54, 1.807) is 0 Å². The maximum Gasteiger partial charge on any atom is 0.335 e. The zero-order valence-electron chi connectivity index (χ0n) is 26.6. The van der Waals surface area contributed by atoms with Crippen LogP contribution >= 0.6 is 22.1 Å². The van der Waals surface area contributed by atoms with E-state index < -0.39 is 0 Å². The fourth-order valence-corrected chi connectivity index (χ4v) is 9.18. The third-order valence-electron chi connectivity index (χ3n) is 9.24. The molecule has 0 saturated carbocycles. The number of hydrogen-bond donors (Lipinski definition) is 1. The molecule has 236 valence electrons. The maximum absolute atomic E-state index is 14.4. The molecule has 1 aromatic carbocycles. The molecule has 1 fully saturated rings. The molecule has 2 atom stereocenters. The molecule has 6 nitrogen and oxygen atoms in total. The van der Waals surface area contributed by atoms with E-state index in [1.807, 2.05) is 23.2 Å². The number of amides is 2. The van der Waals surface area contributed by atoms with Crippen LogP contribution in [0, 0.1) is 0 Å². The van der Waals surface area contributed by atoms with Gasteiger partial charge in [0.05, 0.1) is 28.9 Å². The molecule has 3 aliphatic heterocycles. The second-order valence-electron chi connectivity index (χ2n) is 12.4. The smallest absolute Gasteiger partial charge is 0.335 e. The van der Waals surface area contributed by atoms with Crippen molar-refractivity contribution in [2.45, 2.75) is 103 Å². The molecule has 8 heteroatoms. The summed E-state index contributed by atoms with van der Waals surface area (Å²) in [4.78, 5) is 24.1. The number of fused-ring (bicyclic) bond motifs is 4. The Kier molecular flexibility index (Phi) is 11.9. The second kappa shape index (κ2) is 15.8. The third-order valence-corrected chi connectivity index (χ3v) is 11.6. The number of carbonyl (C=O) groups excluding carboxylic acids is 1. The van der Waals surface area contributed by atoms with Gasteiger partial charge in [0.1, 0.15) is 6.17 Å². The lowest BCUT2D eigenvalue weighted by atomic mass is 10.1. The number of allylic oxidation sites excluding steroid dienone is 2. The number of anilines is 1. The average molecular weight is 626 g/mol. The Morgan fingerprint density at radius 1 is 0.977 bits per heavy atom. The number of carbonyl (C=O) groups is 1. The van der Waals surface area contributed by atoms with Gasteiger partial charge >= 0.3 is 6.03 Å². The number of halogens is 1. The van der Waals surface area contributed by atoms with Crippen LogP contribution < -0.4 is 10.3 Å². The quantitative estimate of drug-likeness (QED) is 0.156. The average Bonchev–Trinajstić information content (AvgIpc) is 3.69. The predicted molar refractivity (Wildman–Crippen MR) is 185 cm³/mol. The van der Waals surface area contributed by atoms with Gasteiger partial charge in [-0.2, -0.15) is 0 Å². The van der Waals surface area contributed by atoms with Crippen molar-refractivity contribution < 1.29 is 4.79 Å². The molecular formula is C35H52ClN5OS. The standard InChI is InChI=1S/C35H52ClN5OS/c1-4-6-8-10-12-16-23-38(24-17-13-11-9-7-5-2)35(42)41-33-26-39(31-21-15-14-20-30(31)36)25-29-28-19-18-22-32(28)43(3)34(29)40(33)27-37-41/h14-15,18,20-22,25,33,37H,4-13,16-17,19,23-24,26-27H2,1-3H3. The van der Waals surface area contributed by atoms with Crippen molar-refractivity contribution in [1.29, 1.82) is 0 Å². The molecule has 1 aliphatic carbocycles. The molecule has 0 bridgehead atoms. The molecule has 2 amide bonds. The molecule has 2 unspecified atom stereocenters. The highest BCUT2D eigenvalue weighted by molar-refractivity contribution is 8.19. The van der Waals surface area contributed by atoms with Crippen LogP contribution in [0.1, 0.15) is 97.3 Å². The van der Waals surface area contributed by atoms with E-state index in [1.165, 1.54) is 85.2 Å². The first-order valence-corrected chi connectivity index (χ1v) is 18.8. The van der Waals surface area contributed by atoms with E-state index in [4.69, 9.17) is 11.6 Å². The SMILES string of the molecule is CCCCCCCCN(CCCCCCCC)C(=O)N1NCN2C3=S(C)C4=C(CC=C4)C3=CN(c3ccccc3Cl)CC21. The monoisotopic (exact) mass is 625 g/mol. The number of nitrogens with zero attached hydrogens (tertiary/aromatic N) is 4. The van der Waals surface area contributed by atoms with Gasteiger partial charge in [0.25, 0.3) is 0 Å². The Bertz CT molecular complexity index is 1240.